The Morgan fingerprint density at radius 2 is 2.31 bits per heavy atom. The second-order valence-corrected chi connectivity index (χ2v) is 3.33. The van der Waals surface area contributed by atoms with Gasteiger partial charge in [0.2, 0.25) is 0 Å². The molecule has 0 fully saturated rings. The van der Waals surface area contributed by atoms with Crippen LogP contribution >= 0.6 is 11.8 Å². The van der Waals surface area contributed by atoms with Crippen molar-refractivity contribution < 1.29 is 9.90 Å². The molecule has 0 saturated heterocycles. The molecule has 1 aromatic carbocycles. The Bertz CT molecular complexity index is 331. The van der Waals surface area contributed by atoms with Crippen molar-refractivity contribution in [3.05, 3.63) is 35.9 Å². The molecule has 0 radical (unpaired) electrons. The van der Waals surface area contributed by atoms with Crippen molar-refractivity contribution in [3.8, 4) is 0 Å². The predicted octanol–water partition coefficient (Wildman–Crippen LogP) is 2.51. The molecule has 1 aromatic rings. The zero-order valence-corrected chi connectivity index (χ0v) is 8.04. The highest BCUT2D eigenvalue weighted by Gasteiger charge is 1.91. The summed E-state index contributed by atoms with van der Waals surface area (Å²) in [6, 6.07) is 7.72. The van der Waals surface area contributed by atoms with E-state index in [0.29, 0.717) is 0 Å². The lowest BCUT2D eigenvalue weighted by Gasteiger charge is -1.96. The molecule has 3 heteroatoms. The summed E-state index contributed by atoms with van der Waals surface area (Å²) in [5, 5.41) is 8.41. The molecule has 68 valence electrons. The molecule has 0 aliphatic carbocycles. The largest absolute Gasteiger partial charge is 0.478 e. The van der Waals surface area contributed by atoms with E-state index < -0.39 is 5.97 Å². The van der Waals surface area contributed by atoms with E-state index in [-0.39, 0.29) is 0 Å². The summed E-state index contributed by atoms with van der Waals surface area (Å²) in [7, 11) is 0. The number of aliphatic carboxylic acids is 1. The van der Waals surface area contributed by atoms with Gasteiger partial charge in [-0.05, 0) is 30.0 Å². The molecule has 0 heterocycles. The first-order valence-corrected chi connectivity index (χ1v) is 5.00. The van der Waals surface area contributed by atoms with Gasteiger partial charge in [-0.3, -0.25) is 0 Å². The topological polar surface area (TPSA) is 37.3 Å². The number of rotatable bonds is 3. The molecule has 0 saturated carbocycles. The van der Waals surface area contributed by atoms with Crippen molar-refractivity contribution >= 4 is 23.8 Å². The predicted molar refractivity (Wildman–Crippen MR) is 54.9 cm³/mol. The average molecular weight is 194 g/mol. The lowest BCUT2D eigenvalue weighted by molar-refractivity contribution is -0.131. The van der Waals surface area contributed by atoms with Gasteiger partial charge in [0.15, 0.2) is 0 Å². The SMILES string of the molecule is CSc1cccc(/C=C/C(=O)O)c1. The Balaban J connectivity index is 2.83. The second kappa shape index (κ2) is 4.72. The third-order valence-electron chi connectivity index (χ3n) is 1.51. The fraction of sp³-hybridized carbons (Fsp3) is 0.100. The summed E-state index contributed by atoms with van der Waals surface area (Å²) in [5.74, 6) is -0.922. The van der Waals surface area contributed by atoms with Crippen LogP contribution in [-0.4, -0.2) is 17.3 Å². The van der Waals surface area contributed by atoms with E-state index in [1.54, 1.807) is 17.8 Å². The highest BCUT2D eigenvalue weighted by atomic mass is 32.2. The van der Waals surface area contributed by atoms with Gasteiger partial charge in [0.25, 0.3) is 0 Å². The van der Waals surface area contributed by atoms with Crippen LogP contribution in [0.3, 0.4) is 0 Å². The maximum absolute atomic E-state index is 10.2. The lowest BCUT2D eigenvalue weighted by atomic mass is 10.2. The molecule has 0 amide bonds. The zero-order chi connectivity index (χ0) is 9.68. The standard InChI is InChI=1S/C10H10O2S/c1-13-9-4-2-3-8(7-9)5-6-10(11)12/h2-7H,1H3,(H,11,12)/b6-5+. The summed E-state index contributed by atoms with van der Waals surface area (Å²) < 4.78 is 0. The Morgan fingerprint density at radius 3 is 2.92 bits per heavy atom. The maximum Gasteiger partial charge on any atom is 0.328 e. The zero-order valence-electron chi connectivity index (χ0n) is 7.23. The number of carboxylic acid groups (broad SMARTS) is 1. The number of carboxylic acids is 1. The Labute approximate surface area is 81.3 Å². The van der Waals surface area contributed by atoms with E-state index in [4.69, 9.17) is 5.11 Å². The average Bonchev–Trinajstić information content (AvgIpc) is 2.15. The van der Waals surface area contributed by atoms with Gasteiger partial charge in [0.05, 0.1) is 0 Å². The first-order valence-electron chi connectivity index (χ1n) is 3.77. The van der Waals surface area contributed by atoms with Gasteiger partial charge >= 0.3 is 5.97 Å². The van der Waals surface area contributed by atoms with Gasteiger partial charge in [0.1, 0.15) is 0 Å². The van der Waals surface area contributed by atoms with Crippen molar-refractivity contribution in [1.82, 2.24) is 0 Å². The minimum absolute atomic E-state index is 0.911. The third kappa shape index (κ3) is 3.34. The van der Waals surface area contributed by atoms with Gasteiger partial charge in [-0.15, -0.1) is 11.8 Å². The molecule has 0 aliphatic rings. The van der Waals surface area contributed by atoms with Gasteiger partial charge < -0.3 is 5.11 Å². The fourth-order valence-electron chi connectivity index (χ4n) is 0.913. The van der Waals surface area contributed by atoms with E-state index in [1.165, 1.54) is 0 Å². The first kappa shape index (κ1) is 9.86. The van der Waals surface area contributed by atoms with Crippen LogP contribution in [0.15, 0.2) is 35.2 Å². The van der Waals surface area contributed by atoms with Gasteiger partial charge in [-0.25, -0.2) is 4.79 Å². The normalized spacial score (nSPS) is 10.5. The van der Waals surface area contributed by atoms with E-state index in [0.717, 1.165) is 16.5 Å². The van der Waals surface area contributed by atoms with Crippen molar-refractivity contribution in [2.75, 3.05) is 6.26 Å². The van der Waals surface area contributed by atoms with Crippen molar-refractivity contribution in [1.29, 1.82) is 0 Å². The lowest BCUT2D eigenvalue weighted by Crippen LogP contribution is -1.85. The van der Waals surface area contributed by atoms with Gasteiger partial charge in [0, 0.05) is 11.0 Å². The number of hydrogen-bond acceptors (Lipinski definition) is 2. The molecule has 0 atom stereocenters. The summed E-state index contributed by atoms with van der Waals surface area (Å²) in [6.07, 6.45) is 4.71. The van der Waals surface area contributed by atoms with Crippen molar-refractivity contribution in [2.24, 2.45) is 0 Å². The molecular weight excluding hydrogens is 184 g/mol. The number of benzene rings is 1. The molecule has 2 nitrogen and oxygen atoms in total. The monoisotopic (exact) mass is 194 g/mol. The molecule has 0 spiro atoms. The van der Waals surface area contributed by atoms with Crippen LogP contribution in [0.4, 0.5) is 0 Å². The summed E-state index contributed by atoms with van der Waals surface area (Å²) >= 11 is 1.64. The van der Waals surface area contributed by atoms with Gasteiger partial charge in [-0.1, -0.05) is 12.1 Å². The number of carbonyl (C=O) groups is 1. The van der Waals surface area contributed by atoms with Crippen LogP contribution < -0.4 is 0 Å². The summed E-state index contributed by atoms with van der Waals surface area (Å²) in [4.78, 5) is 11.4. The highest BCUT2D eigenvalue weighted by molar-refractivity contribution is 7.98. The van der Waals surface area contributed by atoms with E-state index in [9.17, 15) is 4.79 Å². The van der Waals surface area contributed by atoms with Crippen LogP contribution in [0, 0.1) is 0 Å². The molecule has 13 heavy (non-hydrogen) atoms. The van der Waals surface area contributed by atoms with Crippen molar-refractivity contribution in [3.63, 3.8) is 0 Å². The van der Waals surface area contributed by atoms with E-state index in [2.05, 4.69) is 0 Å². The Kier molecular flexibility index (Phi) is 3.58. The quantitative estimate of drug-likeness (QED) is 0.593. The molecule has 1 rings (SSSR count). The van der Waals surface area contributed by atoms with Crippen molar-refractivity contribution in [2.45, 2.75) is 4.90 Å². The smallest absolute Gasteiger partial charge is 0.328 e. The van der Waals surface area contributed by atoms with Crippen LogP contribution in [0.2, 0.25) is 0 Å². The molecule has 0 aliphatic heterocycles. The molecule has 1 N–H and O–H groups in total. The first-order chi connectivity index (χ1) is 6.22. The van der Waals surface area contributed by atoms with E-state index >= 15 is 0 Å². The van der Waals surface area contributed by atoms with Crippen LogP contribution in [-0.2, 0) is 4.79 Å². The Hall–Kier alpha value is -1.22. The minimum Gasteiger partial charge on any atom is -0.478 e. The third-order valence-corrected chi connectivity index (χ3v) is 2.24. The number of hydrogen-bond donors (Lipinski definition) is 1. The summed E-state index contributed by atoms with van der Waals surface area (Å²) in [5.41, 5.74) is 0.911. The highest BCUT2D eigenvalue weighted by Crippen LogP contribution is 2.16. The molecule has 0 bridgehead atoms. The fourth-order valence-corrected chi connectivity index (χ4v) is 1.38. The summed E-state index contributed by atoms with van der Waals surface area (Å²) in [6.45, 7) is 0. The van der Waals surface area contributed by atoms with Crippen LogP contribution in [0.5, 0.6) is 0 Å². The maximum atomic E-state index is 10.2. The second-order valence-electron chi connectivity index (χ2n) is 2.45. The van der Waals surface area contributed by atoms with Gasteiger partial charge in [-0.2, -0.15) is 0 Å². The van der Waals surface area contributed by atoms with E-state index in [1.807, 2.05) is 30.5 Å². The minimum atomic E-state index is -0.922. The molecule has 0 aromatic heterocycles. The Morgan fingerprint density at radius 1 is 1.54 bits per heavy atom. The number of thioether (sulfide) groups is 1. The van der Waals surface area contributed by atoms with Crippen LogP contribution in [0.25, 0.3) is 6.08 Å². The molecular formula is C10H10O2S. The molecule has 0 unspecified atom stereocenters. The van der Waals surface area contributed by atoms with Crippen LogP contribution in [0.1, 0.15) is 5.56 Å².